The number of hydrogen-bond acceptors (Lipinski definition) is 3. The Morgan fingerprint density at radius 1 is 1.00 bits per heavy atom. The number of benzene rings is 2. The van der Waals surface area contributed by atoms with Crippen LogP contribution in [0.1, 0.15) is 39.1 Å². The van der Waals surface area contributed by atoms with Crippen molar-refractivity contribution in [2.75, 3.05) is 13.2 Å². The van der Waals surface area contributed by atoms with Crippen molar-refractivity contribution < 1.29 is 18.7 Å². The number of carbonyl (C=O) groups is 2. The van der Waals surface area contributed by atoms with Crippen molar-refractivity contribution in [3.05, 3.63) is 71.0 Å². The van der Waals surface area contributed by atoms with Gasteiger partial charge in [0.1, 0.15) is 5.82 Å². The van der Waals surface area contributed by atoms with E-state index >= 15 is 0 Å². The monoisotopic (exact) mass is 356 g/mol. The normalized spacial score (nSPS) is 16.3. The van der Waals surface area contributed by atoms with E-state index in [-0.39, 0.29) is 30.3 Å². The van der Waals surface area contributed by atoms with Crippen molar-refractivity contribution in [1.82, 2.24) is 10.6 Å². The molecule has 2 N–H and O–H groups in total. The molecule has 3 rings (SSSR count). The van der Waals surface area contributed by atoms with Gasteiger partial charge in [-0.25, -0.2) is 4.39 Å². The molecular formula is C20H21FN2O3. The highest BCUT2D eigenvalue weighted by atomic mass is 19.1. The lowest BCUT2D eigenvalue weighted by molar-refractivity contribution is 0.0857. The molecule has 26 heavy (non-hydrogen) atoms. The summed E-state index contributed by atoms with van der Waals surface area (Å²) in [5.41, 5.74) is 1.32. The molecule has 0 bridgehead atoms. The number of ether oxygens (including phenoxy) is 1. The molecule has 1 aliphatic rings. The number of hydrogen-bond donors (Lipinski definition) is 2. The fraction of sp³-hybridized carbons (Fsp3) is 0.300. The Kier molecular flexibility index (Phi) is 5.96. The molecule has 2 aromatic rings. The fourth-order valence-electron chi connectivity index (χ4n) is 2.81. The smallest absolute Gasteiger partial charge is 0.251 e. The van der Waals surface area contributed by atoms with Gasteiger partial charge in [-0.1, -0.05) is 18.2 Å². The van der Waals surface area contributed by atoms with Crippen LogP contribution in [-0.2, 0) is 11.3 Å². The quantitative estimate of drug-likeness (QED) is 0.836. The predicted octanol–water partition coefficient (Wildman–Crippen LogP) is 2.66. The van der Waals surface area contributed by atoms with Gasteiger partial charge in [0, 0.05) is 36.4 Å². The van der Waals surface area contributed by atoms with Crippen LogP contribution in [0.2, 0.25) is 0 Å². The van der Waals surface area contributed by atoms with Crippen LogP contribution in [0.3, 0.4) is 0 Å². The lowest BCUT2D eigenvalue weighted by Crippen LogP contribution is -2.31. The standard InChI is InChI=1S/C20H21FN2O3/c21-18-6-2-1-4-16(18)12-22-19(24)14-7-9-15(10-8-14)20(25)23-13-17-5-3-11-26-17/h1-2,4,6-10,17H,3,5,11-13H2,(H,22,24)(H,23,25). The fourth-order valence-corrected chi connectivity index (χ4v) is 2.81. The largest absolute Gasteiger partial charge is 0.376 e. The van der Waals surface area contributed by atoms with Crippen LogP contribution in [0.25, 0.3) is 0 Å². The van der Waals surface area contributed by atoms with Crippen LogP contribution < -0.4 is 10.6 Å². The summed E-state index contributed by atoms with van der Waals surface area (Å²) >= 11 is 0. The predicted molar refractivity (Wildman–Crippen MR) is 95.3 cm³/mol. The third kappa shape index (κ3) is 4.67. The van der Waals surface area contributed by atoms with Crippen molar-refractivity contribution in [1.29, 1.82) is 0 Å². The first kappa shape index (κ1) is 18.1. The maximum absolute atomic E-state index is 13.6. The third-order valence-corrected chi connectivity index (χ3v) is 4.32. The van der Waals surface area contributed by atoms with E-state index in [9.17, 15) is 14.0 Å². The van der Waals surface area contributed by atoms with Gasteiger partial charge in [0.15, 0.2) is 0 Å². The van der Waals surface area contributed by atoms with Gasteiger partial charge in [0.2, 0.25) is 0 Å². The molecule has 1 saturated heterocycles. The average Bonchev–Trinajstić information content (AvgIpc) is 3.19. The summed E-state index contributed by atoms with van der Waals surface area (Å²) in [7, 11) is 0. The summed E-state index contributed by atoms with van der Waals surface area (Å²) in [6.07, 6.45) is 2.07. The van der Waals surface area contributed by atoms with E-state index in [4.69, 9.17) is 4.74 Å². The second-order valence-corrected chi connectivity index (χ2v) is 6.20. The second kappa shape index (κ2) is 8.58. The summed E-state index contributed by atoms with van der Waals surface area (Å²) in [6, 6.07) is 12.7. The Morgan fingerprint density at radius 2 is 1.65 bits per heavy atom. The van der Waals surface area contributed by atoms with Gasteiger partial charge in [0.05, 0.1) is 6.10 Å². The minimum absolute atomic E-state index is 0.0855. The van der Waals surface area contributed by atoms with Gasteiger partial charge in [-0.15, -0.1) is 0 Å². The summed E-state index contributed by atoms with van der Waals surface area (Å²) in [4.78, 5) is 24.3. The molecular weight excluding hydrogens is 335 g/mol. The van der Waals surface area contributed by atoms with Crippen LogP contribution in [-0.4, -0.2) is 31.1 Å². The zero-order valence-corrected chi connectivity index (χ0v) is 14.3. The molecule has 0 aliphatic carbocycles. The first-order chi connectivity index (χ1) is 12.6. The molecule has 1 aliphatic heterocycles. The van der Waals surface area contributed by atoms with E-state index in [2.05, 4.69) is 10.6 Å². The summed E-state index contributed by atoms with van der Waals surface area (Å²) in [6.45, 7) is 1.34. The molecule has 5 nitrogen and oxygen atoms in total. The SMILES string of the molecule is O=C(NCc1ccccc1F)c1ccc(C(=O)NCC2CCCO2)cc1. The molecule has 1 fully saturated rings. The van der Waals surface area contributed by atoms with Gasteiger partial charge in [-0.05, 0) is 43.2 Å². The van der Waals surface area contributed by atoms with Gasteiger partial charge in [-0.3, -0.25) is 9.59 Å². The Morgan fingerprint density at radius 3 is 2.27 bits per heavy atom. The molecule has 0 spiro atoms. The van der Waals surface area contributed by atoms with Crippen molar-refractivity contribution >= 4 is 11.8 Å². The van der Waals surface area contributed by atoms with Crippen LogP contribution in [0.15, 0.2) is 48.5 Å². The zero-order valence-electron chi connectivity index (χ0n) is 14.3. The van der Waals surface area contributed by atoms with Crippen LogP contribution in [0, 0.1) is 5.82 Å². The maximum atomic E-state index is 13.6. The first-order valence-electron chi connectivity index (χ1n) is 8.65. The van der Waals surface area contributed by atoms with E-state index in [1.807, 2.05) is 0 Å². The van der Waals surface area contributed by atoms with Gasteiger partial charge in [-0.2, -0.15) is 0 Å². The van der Waals surface area contributed by atoms with E-state index < -0.39 is 0 Å². The molecule has 0 aromatic heterocycles. The van der Waals surface area contributed by atoms with Gasteiger partial charge < -0.3 is 15.4 Å². The Balaban J connectivity index is 1.52. The second-order valence-electron chi connectivity index (χ2n) is 6.20. The molecule has 1 heterocycles. The van der Waals surface area contributed by atoms with Gasteiger partial charge in [0.25, 0.3) is 11.8 Å². The minimum atomic E-state index is -0.355. The third-order valence-electron chi connectivity index (χ3n) is 4.32. The van der Waals surface area contributed by atoms with Crippen LogP contribution in [0.5, 0.6) is 0 Å². The van der Waals surface area contributed by atoms with Crippen molar-refractivity contribution in [2.45, 2.75) is 25.5 Å². The number of amides is 2. The summed E-state index contributed by atoms with van der Waals surface area (Å²) in [5.74, 6) is -0.871. The number of nitrogens with one attached hydrogen (secondary N) is 2. The van der Waals surface area contributed by atoms with Crippen molar-refractivity contribution in [3.8, 4) is 0 Å². The van der Waals surface area contributed by atoms with E-state index in [0.717, 1.165) is 19.4 Å². The Labute approximate surface area is 151 Å². The topological polar surface area (TPSA) is 67.4 Å². The molecule has 1 unspecified atom stereocenters. The van der Waals surface area contributed by atoms with Gasteiger partial charge >= 0.3 is 0 Å². The van der Waals surface area contributed by atoms with E-state index in [0.29, 0.717) is 23.2 Å². The highest BCUT2D eigenvalue weighted by molar-refractivity contribution is 5.97. The van der Waals surface area contributed by atoms with Crippen molar-refractivity contribution in [2.24, 2.45) is 0 Å². The Hall–Kier alpha value is -2.73. The highest BCUT2D eigenvalue weighted by Gasteiger charge is 2.17. The minimum Gasteiger partial charge on any atom is -0.376 e. The zero-order chi connectivity index (χ0) is 18.4. The number of carbonyl (C=O) groups excluding carboxylic acids is 2. The van der Waals surface area contributed by atoms with E-state index in [1.54, 1.807) is 42.5 Å². The highest BCUT2D eigenvalue weighted by Crippen LogP contribution is 2.11. The maximum Gasteiger partial charge on any atom is 0.251 e. The molecule has 136 valence electrons. The number of halogens is 1. The van der Waals surface area contributed by atoms with Crippen LogP contribution in [0.4, 0.5) is 4.39 Å². The van der Waals surface area contributed by atoms with E-state index in [1.165, 1.54) is 6.07 Å². The lowest BCUT2D eigenvalue weighted by Gasteiger charge is -2.11. The number of rotatable bonds is 6. The molecule has 2 aromatic carbocycles. The Bertz CT molecular complexity index is 771. The average molecular weight is 356 g/mol. The summed E-state index contributed by atoms with van der Waals surface area (Å²) in [5, 5.41) is 5.51. The molecule has 0 radical (unpaired) electrons. The first-order valence-corrected chi connectivity index (χ1v) is 8.65. The molecule has 2 amide bonds. The molecule has 1 atom stereocenters. The van der Waals surface area contributed by atoms with Crippen molar-refractivity contribution in [3.63, 3.8) is 0 Å². The lowest BCUT2D eigenvalue weighted by atomic mass is 10.1. The van der Waals surface area contributed by atoms with Crippen LogP contribution >= 0.6 is 0 Å². The molecule has 6 heteroatoms. The summed E-state index contributed by atoms with van der Waals surface area (Å²) < 4.78 is 19.0. The molecule has 0 saturated carbocycles.